The summed E-state index contributed by atoms with van der Waals surface area (Å²) in [5.41, 5.74) is 1.36. The second-order valence-electron chi connectivity index (χ2n) is 6.82. The van der Waals surface area contributed by atoms with Crippen LogP contribution in [0.1, 0.15) is 5.56 Å². The number of aliphatic imine (C=N–C) groups is 1. The molecule has 0 radical (unpaired) electrons. The molecule has 3 aromatic carbocycles. The lowest BCUT2D eigenvalue weighted by molar-refractivity contribution is -0.139. The average molecular weight is 466 g/mol. The molecule has 1 N–H and O–H groups in total. The van der Waals surface area contributed by atoms with E-state index in [9.17, 15) is 18.4 Å². The van der Waals surface area contributed by atoms with Crippen molar-refractivity contribution in [2.75, 3.05) is 11.5 Å². The lowest BCUT2D eigenvalue weighted by Crippen LogP contribution is -2.28. The number of hydrogen-bond donors (Lipinski definition) is 1. The van der Waals surface area contributed by atoms with Crippen molar-refractivity contribution in [2.24, 2.45) is 4.99 Å². The van der Waals surface area contributed by atoms with Crippen LogP contribution in [0.25, 0.3) is 6.08 Å². The van der Waals surface area contributed by atoms with Gasteiger partial charge in [-0.1, -0.05) is 18.2 Å². The largest absolute Gasteiger partial charge is 0.481 e. The molecule has 166 valence electrons. The van der Waals surface area contributed by atoms with E-state index in [0.29, 0.717) is 32.8 Å². The third-order valence-electron chi connectivity index (χ3n) is 4.50. The molecule has 0 unspecified atom stereocenters. The number of thioether (sulfide) groups is 1. The molecule has 0 atom stereocenters. The minimum atomic E-state index is -1.13. The number of carbonyl (C=O) groups excluding carboxylic acids is 1. The van der Waals surface area contributed by atoms with Crippen LogP contribution in [0.5, 0.6) is 5.75 Å². The van der Waals surface area contributed by atoms with Crippen LogP contribution in [0.3, 0.4) is 0 Å². The fourth-order valence-electron chi connectivity index (χ4n) is 3.00. The van der Waals surface area contributed by atoms with E-state index in [-0.39, 0.29) is 0 Å². The number of aliphatic carboxylic acids is 1. The van der Waals surface area contributed by atoms with Crippen LogP contribution in [-0.4, -0.2) is 28.8 Å². The second kappa shape index (κ2) is 9.66. The van der Waals surface area contributed by atoms with Crippen LogP contribution < -0.4 is 9.64 Å². The normalized spacial score (nSPS) is 15.9. The number of ether oxygens (including phenoxy) is 1. The number of nitrogens with zero attached hydrogens (tertiary/aromatic N) is 2. The summed E-state index contributed by atoms with van der Waals surface area (Å²) in [4.78, 5) is 30.3. The number of para-hydroxylation sites is 1. The van der Waals surface area contributed by atoms with Gasteiger partial charge in [-0.15, -0.1) is 0 Å². The monoisotopic (exact) mass is 466 g/mol. The van der Waals surface area contributed by atoms with Crippen LogP contribution in [0, 0.1) is 11.6 Å². The molecule has 1 aliphatic heterocycles. The van der Waals surface area contributed by atoms with E-state index in [1.165, 1.54) is 53.4 Å². The van der Waals surface area contributed by atoms with Crippen molar-refractivity contribution in [1.29, 1.82) is 0 Å². The molecular formula is C24H16F2N2O4S. The zero-order valence-electron chi connectivity index (χ0n) is 16.9. The Labute approximate surface area is 191 Å². The van der Waals surface area contributed by atoms with Gasteiger partial charge in [-0.2, -0.15) is 0 Å². The number of carboxylic acid groups (broad SMARTS) is 1. The maximum atomic E-state index is 13.4. The van der Waals surface area contributed by atoms with E-state index in [4.69, 9.17) is 9.84 Å². The molecule has 1 heterocycles. The van der Waals surface area contributed by atoms with Gasteiger partial charge < -0.3 is 9.84 Å². The number of carbonyl (C=O) groups is 2. The number of amides is 1. The maximum Gasteiger partial charge on any atom is 0.341 e. The van der Waals surface area contributed by atoms with Gasteiger partial charge in [0, 0.05) is 5.56 Å². The molecule has 0 aromatic heterocycles. The smallest absolute Gasteiger partial charge is 0.341 e. The lowest BCUT2D eigenvalue weighted by Gasteiger charge is -2.15. The predicted octanol–water partition coefficient (Wildman–Crippen LogP) is 5.24. The van der Waals surface area contributed by atoms with Gasteiger partial charge in [-0.25, -0.2) is 18.6 Å². The van der Waals surface area contributed by atoms with Gasteiger partial charge in [0.2, 0.25) is 0 Å². The highest BCUT2D eigenvalue weighted by molar-refractivity contribution is 8.19. The first-order chi connectivity index (χ1) is 15.9. The Morgan fingerprint density at radius 1 is 1.00 bits per heavy atom. The predicted molar refractivity (Wildman–Crippen MR) is 123 cm³/mol. The average Bonchev–Trinajstić information content (AvgIpc) is 3.10. The summed E-state index contributed by atoms with van der Waals surface area (Å²) < 4.78 is 32.1. The molecule has 0 saturated carbocycles. The number of carboxylic acids is 1. The number of benzene rings is 3. The summed E-state index contributed by atoms with van der Waals surface area (Å²) in [6.07, 6.45) is 1.58. The number of hydrogen-bond acceptors (Lipinski definition) is 5. The Morgan fingerprint density at radius 2 is 1.64 bits per heavy atom. The van der Waals surface area contributed by atoms with Gasteiger partial charge in [-0.3, -0.25) is 9.69 Å². The topological polar surface area (TPSA) is 79.2 Å². The molecule has 1 amide bonds. The van der Waals surface area contributed by atoms with Crippen LogP contribution >= 0.6 is 11.8 Å². The Bertz CT molecular complexity index is 1260. The van der Waals surface area contributed by atoms with Gasteiger partial charge in [0.25, 0.3) is 5.91 Å². The Balaban J connectivity index is 1.74. The summed E-state index contributed by atoms with van der Waals surface area (Å²) in [5, 5.41) is 9.19. The zero-order valence-corrected chi connectivity index (χ0v) is 17.8. The van der Waals surface area contributed by atoms with E-state index in [1.54, 1.807) is 30.3 Å². The Kier molecular flexibility index (Phi) is 6.50. The van der Waals surface area contributed by atoms with Gasteiger partial charge in [-0.05, 0) is 72.4 Å². The summed E-state index contributed by atoms with van der Waals surface area (Å²) in [6, 6.07) is 17.6. The van der Waals surface area contributed by atoms with E-state index in [0.717, 1.165) is 11.8 Å². The van der Waals surface area contributed by atoms with Crippen molar-refractivity contribution in [3.05, 3.63) is 94.9 Å². The van der Waals surface area contributed by atoms with Gasteiger partial charge in [0.15, 0.2) is 11.8 Å². The highest BCUT2D eigenvalue weighted by Crippen LogP contribution is 2.38. The molecular weight excluding hydrogens is 450 g/mol. The van der Waals surface area contributed by atoms with Gasteiger partial charge in [0.1, 0.15) is 17.4 Å². The third kappa shape index (κ3) is 5.27. The Morgan fingerprint density at radius 3 is 2.30 bits per heavy atom. The van der Waals surface area contributed by atoms with Gasteiger partial charge >= 0.3 is 5.97 Å². The first-order valence-corrected chi connectivity index (χ1v) is 10.5. The van der Waals surface area contributed by atoms with Crippen LogP contribution in [0.15, 0.2) is 82.7 Å². The first-order valence-electron chi connectivity index (χ1n) is 9.68. The highest BCUT2D eigenvalue weighted by atomic mass is 32.2. The van der Waals surface area contributed by atoms with E-state index < -0.39 is 30.1 Å². The molecule has 1 saturated heterocycles. The number of rotatable bonds is 6. The maximum absolute atomic E-state index is 13.4. The molecule has 33 heavy (non-hydrogen) atoms. The van der Waals surface area contributed by atoms with Crippen LogP contribution in [-0.2, 0) is 9.59 Å². The van der Waals surface area contributed by atoms with Crippen molar-refractivity contribution >= 4 is 46.3 Å². The lowest BCUT2D eigenvalue weighted by atomic mass is 10.2. The number of halogens is 2. The van der Waals surface area contributed by atoms with E-state index in [2.05, 4.69) is 4.99 Å². The summed E-state index contributed by atoms with van der Waals surface area (Å²) in [5.74, 6) is -2.09. The minimum absolute atomic E-state index is 0.298. The van der Waals surface area contributed by atoms with E-state index >= 15 is 0 Å². The molecule has 0 bridgehead atoms. The molecule has 4 rings (SSSR count). The zero-order chi connectivity index (χ0) is 23.4. The van der Waals surface area contributed by atoms with Gasteiger partial charge in [0.05, 0.1) is 16.3 Å². The molecule has 0 aliphatic carbocycles. The first kappa shape index (κ1) is 22.2. The Hall–Kier alpha value is -3.98. The van der Waals surface area contributed by atoms with Crippen molar-refractivity contribution in [3.63, 3.8) is 0 Å². The van der Waals surface area contributed by atoms with Crippen molar-refractivity contribution in [2.45, 2.75) is 0 Å². The van der Waals surface area contributed by atoms with Crippen molar-refractivity contribution < 1.29 is 28.2 Å². The van der Waals surface area contributed by atoms with Crippen molar-refractivity contribution in [3.8, 4) is 5.75 Å². The molecule has 3 aromatic rings. The standard InChI is InChI=1S/C24H16F2N2O4S/c25-16-5-9-18(10-6-16)27-24-28(19-11-7-17(26)8-12-19)23(31)21(33-24)13-15-3-1-2-4-20(15)32-14-22(29)30/h1-13H,14H2,(H,29,30)/b21-13-,27-24?. The van der Waals surface area contributed by atoms with Crippen LogP contribution in [0.2, 0.25) is 0 Å². The summed E-state index contributed by atoms with van der Waals surface area (Å²) in [6.45, 7) is -0.528. The SMILES string of the molecule is O=C(O)COc1ccccc1/C=C1\SC(=Nc2ccc(F)cc2)N(c2ccc(F)cc2)C1=O. The molecule has 6 nitrogen and oxygen atoms in total. The quantitative estimate of drug-likeness (QED) is 0.503. The molecule has 1 aliphatic rings. The fourth-order valence-corrected chi connectivity index (χ4v) is 4.00. The number of amidine groups is 1. The third-order valence-corrected chi connectivity index (χ3v) is 5.47. The van der Waals surface area contributed by atoms with Crippen LogP contribution in [0.4, 0.5) is 20.2 Å². The second-order valence-corrected chi connectivity index (χ2v) is 7.83. The summed E-state index contributed by atoms with van der Waals surface area (Å²) in [7, 11) is 0. The summed E-state index contributed by atoms with van der Waals surface area (Å²) >= 11 is 1.08. The molecule has 1 fully saturated rings. The molecule has 9 heteroatoms. The molecule has 0 spiro atoms. The highest BCUT2D eigenvalue weighted by Gasteiger charge is 2.35. The number of anilines is 1. The minimum Gasteiger partial charge on any atom is -0.481 e. The fraction of sp³-hybridized carbons (Fsp3) is 0.0417. The van der Waals surface area contributed by atoms with Crippen molar-refractivity contribution in [1.82, 2.24) is 0 Å². The van der Waals surface area contributed by atoms with E-state index in [1.807, 2.05) is 0 Å².